The van der Waals surface area contributed by atoms with E-state index in [1.54, 1.807) is 21.0 Å². The molecule has 1 fully saturated rings. The van der Waals surface area contributed by atoms with Crippen molar-refractivity contribution in [2.75, 3.05) is 60.0 Å². The molecule has 0 aliphatic carbocycles. The number of aliphatic imine (C=N–C) groups is 1. The number of nitrogens with zero attached hydrogens (tertiary/aromatic N) is 3. The lowest BCUT2D eigenvalue weighted by atomic mass is 10.4. The largest absolute Gasteiger partial charge is 0.382 e. The number of hydrogen-bond donors (Lipinski definition) is 2. The van der Waals surface area contributed by atoms with Crippen LogP contribution in [0.3, 0.4) is 0 Å². The Bertz CT molecular complexity index is 565. The molecule has 1 atom stereocenters. The Labute approximate surface area is 157 Å². The molecule has 2 N–H and O–H groups in total. The van der Waals surface area contributed by atoms with Gasteiger partial charge in [-0.15, -0.1) is 0 Å². The van der Waals surface area contributed by atoms with Crippen LogP contribution in [-0.2, 0) is 19.6 Å². The molecule has 1 aliphatic heterocycles. The van der Waals surface area contributed by atoms with Crippen LogP contribution in [-0.4, -0.2) is 95.4 Å². The average Bonchev–Trinajstić information content (AvgIpc) is 3.07. The number of rotatable bonds is 10. The minimum atomic E-state index is -3.32. The Morgan fingerprint density at radius 1 is 1.35 bits per heavy atom. The molecule has 1 amide bonds. The Morgan fingerprint density at radius 3 is 2.69 bits per heavy atom. The first-order valence-electron chi connectivity index (χ1n) is 9.11. The monoisotopic (exact) mass is 391 g/mol. The Kier molecular flexibility index (Phi) is 9.89. The molecule has 10 heteroatoms. The highest BCUT2D eigenvalue weighted by molar-refractivity contribution is 7.90. The maximum atomic E-state index is 12.2. The van der Waals surface area contributed by atoms with E-state index >= 15 is 0 Å². The third kappa shape index (κ3) is 7.46. The van der Waals surface area contributed by atoms with Crippen LogP contribution in [0, 0.1) is 0 Å². The number of amides is 1. The summed E-state index contributed by atoms with van der Waals surface area (Å²) in [6.45, 7) is 7.04. The smallest absolute Gasteiger partial charge is 0.243 e. The Balaban J connectivity index is 2.71. The number of sulfonamides is 1. The zero-order valence-corrected chi connectivity index (χ0v) is 17.1. The normalized spacial score (nSPS) is 18.2. The molecule has 1 saturated heterocycles. The molecule has 0 radical (unpaired) electrons. The minimum Gasteiger partial charge on any atom is -0.382 e. The summed E-state index contributed by atoms with van der Waals surface area (Å²) in [5.41, 5.74) is 0. The molecule has 26 heavy (non-hydrogen) atoms. The van der Waals surface area contributed by atoms with Crippen LogP contribution in [0.4, 0.5) is 0 Å². The highest BCUT2D eigenvalue weighted by Gasteiger charge is 2.34. The SMILES string of the molecule is CCNS(=O)(=O)C1CCN(C(=NCC(=O)N(C)C)NCCCOCC)C1. The molecule has 0 saturated carbocycles. The predicted octanol–water partition coefficient (Wildman–Crippen LogP) is -0.540. The average molecular weight is 392 g/mol. The van der Waals surface area contributed by atoms with Crippen LogP contribution in [0.2, 0.25) is 0 Å². The molecule has 0 aromatic carbocycles. The van der Waals surface area contributed by atoms with Crippen LogP contribution in [0.1, 0.15) is 26.7 Å². The van der Waals surface area contributed by atoms with E-state index in [1.807, 2.05) is 11.8 Å². The summed E-state index contributed by atoms with van der Waals surface area (Å²) >= 11 is 0. The van der Waals surface area contributed by atoms with Crippen LogP contribution < -0.4 is 10.0 Å². The summed E-state index contributed by atoms with van der Waals surface area (Å²) in [5, 5.41) is 2.76. The molecule has 0 bridgehead atoms. The predicted molar refractivity (Wildman–Crippen MR) is 103 cm³/mol. The lowest BCUT2D eigenvalue weighted by Crippen LogP contribution is -2.43. The van der Waals surface area contributed by atoms with Gasteiger partial charge in [0.15, 0.2) is 5.96 Å². The van der Waals surface area contributed by atoms with Crippen molar-refractivity contribution in [1.29, 1.82) is 0 Å². The standard InChI is InChI=1S/C16H33N5O4S/c1-5-19-26(23,24)14-8-10-21(13-14)16(17-9-7-11-25-6-2)18-12-15(22)20(3)4/h14,19H,5-13H2,1-4H3,(H,17,18). The van der Waals surface area contributed by atoms with Crippen molar-refractivity contribution in [2.45, 2.75) is 31.9 Å². The van der Waals surface area contributed by atoms with Crippen LogP contribution in [0.25, 0.3) is 0 Å². The summed E-state index contributed by atoms with van der Waals surface area (Å²) in [4.78, 5) is 19.6. The lowest BCUT2D eigenvalue weighted by Gasteiger charge is -2.22. The van der Waals surface area contributed by atoms with Crippen molar-refractivity contribution in [3.05, 3.63) is 0 Å². The Morgan fingerprint density at radius 2 is 2.08 bits per heavy atom. The van der Waals surface area contributed by atoms with Crippen molar-refractivity contribution >= 4 is 21.9 Å². The molecule has 0 aromatic heterocycles. The van der Waals surface area contributed by atoms with E-state index < -0.39 is 15.3 Å². The fraction of sp³-hybridized carbons (Fsp3) is 0.875. The van der Waals surface area contributed by atoms with E-state index in [2.05, 4.69) is 15.0 Å². The van der Waals surface area contributed by atoms with E-state index in [0.717, 1.165) is 6.42 Å². The number of guanidine groups is 1. The summed E-state index contributed by atoms with van der Waals surface area (Å²) < 4.78 is 32.3. The van der Waals surface area contributed by atoms with E-state index in [1.165, 1.54) is 4.90 Å². The van der Waals surface area contributed by atoms with Gasteiger partial charge in [-0.1, -0.05) is 6.92 Å². The summed E-state index contributed by atoms with van der Waals surface area (Å²) in [6.07, 6.45) is 1.35. The van der Waals surface area contributed by atoms with Gasteiger partial charge in [-0.3, -0.25) is 4.79 Å². The third-order valence-corrected chi connectivity index (χ3v) is 6.00. The van der Waals surface area contributed by atoms with Gasteiger partial charge in [-0.05, 0) is 19.8 Å². The van der Waals surface area contributed by atoms with Crippen LogP contribution in [0.5, 0.6) is 0 Å². The molecule has 9 nitrogen and oxygen atoms in total. The molecule has 1 heterocycles. The minimum absolute atomic E-state index is 0.0297. The van der Waals surface area contributed by atoms with Crippen molar-refractivity contribution in [3.8, 4) is 0 Å². The van der Waals surface area contributed by atoms with Crippen molar-refractivity contribution < 1.29 is 17.9 Å². The number of carbonyl (C=O) groups is 1. The van der Waals surface area contributed by atoms with Gasteiger partial charge in [0.05, 0.1) is 5.25 Å². The quantitative estimate of drug-likeness (QED) is 0.295. The van der Waals surface area contributed by atoms with Gasteiger partial charge >= 0.3 is 0 Å². The molecule has 1 rings (SSSR count). The second-order valence-corrected chi connectivity index (χ2v) is 8.35. The van der Waals surface area contributed by atoms with Crippen molar-refractivity contribution in [1.82, 2.24) is 19.8 Å². The molecule has 0 aromatic rings. The molecular formula is C16H33N5O4S. The second-order valence-electron chi connectivity index (χ2n) is 6.30. The number of hydrogen-bond acceptors (Lipinski definition) is 5. The van der Waals surface area contributed by atoms with Gasteiger partial charge < -0.3 is 19.9 Å². The summed E-state index contributed by atoms with van der Waals surface area (Å²) in [5.74, 6) is 0.473. The lowest BCUT2D eigenvalue weighted by molar-refractivity contribution is -0.127. The fourth-order valence-electron chi connectivity index (χ4n) is 2.56. The summed E-state index contributed by atoms with van der Waals surface area (Å²) in [6, 6.07) is 0. The number of ether oxygens (including phenoxy) is 1. The topological polar surface area (TPSA) is 103 Å². The van der Waals surface area contributed by atoms with Gasteiger partial charge in [0, 0.05) is 53.5 Å². The van der Waals surface area contributed by atoms with Crippen molar-refractivity contribution in [2.24, 2.45) is 4.99 Å². The van der Waals surface area contributed by atoms with Gasteiger partial charge in [-0.2, -0.15) is 0 Å². The molecular weight excluding hydrogens is 358 g/mol. The molecule has 152 valence electrons. The van der Waals surface area contributed by atoms with Gasteiger partial charge in [0.1, 0.15) is 6.54 Å². The number of likely N-dealkylation sites (N-methyl/N-ethyl adjacent to an activating group) is 1. The first-order chi connectivity index (χ1) is 12.3. The maximum Gasteiger partial charge on any atom is 0.243 e. The fourth-order valence-corrected chi connectivity index (χ4v) is 3.99. The second kappa shape index (κ2) is 11.3. The molecule has 1 aliphatic rings. The number of likely N-dealkylation sites (tertiary alicyclic amines) is 1. The van der Waals surface area contributed by atoms with Gasteiger partial charge in [0.2, 0.25) is 15.9 Å². The van der Waals surface area contributed by atoms with Gasteiger partial charge in [-0.25, -0.2) is 18.1 Å². The van der Waals surface area contributed by atoms with E-state index in [0.29, 0.717) is 51.8 Å². The van der Waals surface area contributed by atoms with E-state index in [-0.39, 0.29) is 12.5 Å². The van der Waals surface area contributed by atoms with Crippen LogP contribution >= 0.6 is 0 Å². The maximum absolute atomic E-state index is 12.2. The molecule has 1 unspecified atom stereocenters. The highest BCUT2D eigenvalue weighted by Crippen LogP contribution is 2.16. The van der Waals surface area contributed by atoms with Crippen LogP contribution in [0.15, 0.2) is 4.99 Å². The zero-order valence-electron chi connectivity index (χ0n) is 16.3. The number of nitrogens with one attached hydrogen (secondary N) is 2. The van der Waals surface area contributed by atoms with E-state index in [9.17, 15) is 13.2 Å². The van der Waals surface area contributed by atoms with Gasteiger partial charge in [0.25, 0.3) is 0 Å². The highest BCUT2D eigenvalue weighted by atomic mass is 32.2. The summed E-state index contributed by atoms with van der Waals surface area (Å²) in [7, 11) is 0.0416. The first kappa shape index (κ1) is 22.7. The Hall–Kier alpha value is -1.39. The number of carbonyl (C=O) groups excluding carboxylic acids is 1. The van der Waals surface area contributed by atoms with Crippen molar-refractivity contribution in [3.63, 3.8) is 0 Å². The third-order valence-electron chi connectivity index (χ3n) is 4.04. The first-order valence-corrected chi connectivity index (χ1v) is 10.7. The molecule has 0 spiro atoms. The zero-order chi connectivity index (χ0) is 19.6. The van der Waals surface area contributed by atoms with E-state index in [4.69, 9.17) is 4.74 Å².